The lowest BCUT2D eigenvalue weighted by Crippen LogP contribution is -2.07. The summed E-state index contributed by atoms with van der Waals surface area (Å²) < 4.78 is 3.78. The Bertz CT molecular complexity index is 536. The first-order valence-corrected chi connectivity index (χ1v) is 6.34. The monoisotopic (exact) mass is 267 g/mol. The summed E-state index contributed by atoms with van der Waals surface area (Å²) in [6.45, 7) is 0.703. The number of rotatable bonds is 6. The Morgan fingerprint density at radius 2 is 2.39 bits per heavy atom. The highest BCUT2D eigenvalue weighted by Gasteiger charge is 2.07. The van der Waals surface area contributed by atoms with Gasteiger partial charge in [-0.05, 0) is 0 Å². The van der Waals surface area contributed by atoms with Gasteiger partial charge in [0.2, 0.25) is 0 Å². The number of imidazole rings is 1. The summed E-state index contributed by atoms with van der Waals surface area (Å²) in [5.41, 5.74) is 0. The van der Waals surface area contributed by atoms with Gasteiger partial charge in [-0.25, -0.2) is 4.98 Å². The second-order valence-electron chi connectivity index (χ2n) is 3.69. The predicted octanol–water partition coefficient (Wildman–Crippen LogP) is 0.431. The van der Waals surface area contributed by atoms with Crippen LogP contribution in [-0.2, 0) is 24.8 Å². The molecule has 7 nitrogen and oxygen atoms in total. The first-order valence-electron chi connectivity index (χ1n) is 5.35. The lowest BCUT2D eigenvalue weighted by molar-refractivity contribution is -0.133. The predicted molar refractivity (Wildman–Crippen MR) is 65.3 cm³/mol. The molecule has 0 aliphatic carbocycles. The number of carboxylic acids is 1. The molecule has 0 amide bonds. The van der Waals surface area contributed by atoms with E-state index in [1.807, 2.05) is 22.4 Å². The summed E-state index contributed by atoms with van der Waals surface area (Å²) >= 11 is 1.21. The van der Waals surface area contributed by atoms with Gasteiger partial charge in [-0.3, -0.25) is 4.79 Å². The number of thioether (sulfide) groups is 1. The third-order valence-electron chi connectivity index (χ3n) is 2.38. The first kappa shape index (κ1) is 12.6. The molecule has 0 aliphatic heterocycles. The molecule has 0 bridgehead atoms. The average Bonchev–Trinajstić information content (AvgIpc) is 2.92. The van der Waals surface area contributed by atoms with E-state index in [0.29, 0.717) is 11.7 Å². The van der Waals surface area contributed by atoms with Crippen LogP contribution in [-0.4, -0.2) is 41.1 Å². The van der Waals surface area contributed by atoms with Crippen molar-refractivity contribution in [3.05, 3.63) is 24.5 Å². The molecule has 0 unspecified atom stereocenters. The van der Waals surface area contributed by atoms with E-state index in [9.17, 15) is 4.79 Å². The van der Waals surface area contributed by atoms with Crippen LogP contribution in [0.2, 0.25) is 0 Å². The number of carboxylic acid groups (broad SMARTS) is 1. The molecule has 18 heavy (non-hydrogen) atoms. The standard InChI is InChI=1S/C10H13N5O2S/c1-14-7-12-13-8(14)2-4-15-5-3-11-10(15)18-6-9(16)17/h3,5,7H,2,4,6H2,1H3,(H,16,17). The van der Waals surface area contributed by atoms with E-state index >= 15 is 0 Å². The van der Waals surface area contributed by atoms with E-state index in [4.69, 9.17) is 5.11 Å². The van der Waals surface area contributed by atoms with Crippen LogP contribution in [0.5, 0.6) is 0 Å². The smallest absolute Gasteiger partial charge is 0.313 e. The number of carbonyl (C=O) groups is 1. The number of hydrogen-bond acceptors (Lipinski definition) is 5. The van der Waals surface area contributed by atoms with Gasteiger partial charge in [0, 0.05) is 32.4 Å². The van der Waals surface area contributed by atoms with Crippen LogP contribution in [0.3, 0.4) is 0 Å². The van der Waals surface area contributed by atoms with Crippen LogP contribution >= 0.6 is 11.8 Å². The molecular weight excluding hydrogens is 254 g/mol. The Balaban J connectivity index is 1.95. The van der Waals surface area contributed by atoms with Crippen LogP contribution in [0.4, 0.5) is 0 Å². The second-order valence-corrected chi connectivity index (χ2v) is 4.64. The fourth-order valence-corrected chi connectivity index (χ4v) is 2.19. The molecule has 96 valence electrons. The second kappa shape index (κ2) is 5.67. The Kier molecular flexibility index (Phi) is 3.98. The average molecular weight is 267 g/mol. The van der Waals surface area contributed by atoms with E-state index in [0.717, 1.165) is 12.2 Å². The zero-order valence-electron chi connectivity index (χ0n) is 9.85. The molecule has 2 heterocycles. The Morgan fingerprint density at radius 3 is 3.06 bits per heavy atom. The molecule has 8 heteroatoms. The van der Waals surface area contributed by atoms with Crippen molar-refractivity contribution < 1.29 is 9.90 Å². The van der Waals surface area contributed by atoms with Crippen LogP contribution in [0, 0.1) is 0 Å². The van der Waals surface area contributed by atoms with E-state index in [-0.39, 0.29) is 5.75 Å². The number of aliphatic carboxylic acids is 1. The molecule has 2 aromatic rings. The summed E-state index contributed by atoms with van der Waals surface area (Å²) in [6.07, 6.45) is 5.89. The molecule has 0 saturated carbocycles. The van der Waals surface area contributed by atoms with Crippen molar-refractivity contribution in [2.45, 2.75) is 18.1 Å². The molecule has 0 saturated heterocycles. The van der Waals surface area contributed by atoms with Crippen LogP contribution in [0.25, 0.3) is 0 Å². The van der Waals surface area contributed by atoms with E-state index < -0.39 is 5.97 Å². The van der Waals surface area contributed by atoms with Gasteiger partial charge >= 0.3 is 5.97 Å². The van der Waals surface area contributed by atoms with Gasteiger partial charge in [-0.1, -0.05) is 11.8 Å². The topological polar surface area (TPSA) is 85.8 Å². The number of nitrogens with zero attached hydrogens (tertiary/aromatic N) is 5. The first-order chi connectivity index (χ1) is 8.66. The van der Waals surface area contributed by atoms with Crippen molar-refractivity contribution in [3.8, 4) is 0 Å². The minimum absolute atomic E-state index is 0.0149. The largest absolute Gasteiger partial charge is 0.481 e. The molecule has 0 fully saturated rings. The van der Waals surface area contributed by atoms with Crippen LogP contribution in [0.15, 0.2) is 23.9 Å². The van der Waals surface area contributed by atoms with Gasteiger partial charge in [0.25, 0.3) is 0 Å². The zero-order valence-corrected chi connectivity index (χ0v) is 10.7. The number of hydrogen-bond donors (Lipinski definition) is 1. The molecule has 0 atom stereocenters. The number of aromatic nitrogens is 5. The summed E-state index contributed by atoms with van der Waals surface area (Å²) in [6, 6.07) is 0. The van der Waals surface area contributed by atoms with Crippen molar-refractivity contribution >= 4 is 17.7 Å². The molecule has 2 aromatic heterocycles. The lowest BCUT2D eigenvalue weighted by Gasteiger charge is -2.06. The summed E-state index contributed by atoms with van der Waals surface area (Å²) in [5.74, 6) is 0.0572. The minimum Gasteiger partial charge on any atom is -0.481 e. The van der Waals surface area contributed by atoms with Gasteiger partial charge in [0.15, 0.2) is 5.16 Å². The highest BCUT2D eigenvalue weighted by molar-refractivity contribution is 7.99. The third-order valence-corrected chi connectivity index (χ3v) is 3.37. The minimum atomic E-state index is -0.845. The van der Waals surface area contributed by atoms with Crippen molar-refractivity contribution in [3.63, 3.8) is 0 Å². The summed E-state index contributed by atoms with van der Waals surface area (Å²) in [7, 11) is 1.89. The maximum Gasteiger partial charge on any atom is 0.313 e. The Morgan fingerprint density at radius 1 is 1.56 bits per heavy atom. The zero-order chi connectivity index (χ0) is 13.0. The van der Waals surface area contributed by atoms with E-state index in [1.165, 1.54) is 11.8 Å². The molecule has 0 aliphatic rings. The van der Waals surface area contributed by atoms with Crippen molar-refractivity contribution in [1.29, 1.82) is 0 Å². The van der Waals surface area contributed by atoms with E-state index in [2.05, 4.69) is 15.2 Å². The number of aryl methyl sites for hydroxylation is 3. The highest BCUT2D eigenvalue weighted by atomic mass is 32.2. The Hall–Kier alpha value is -1.83. The molecule has 0 aromatic carbocycles. The van der Waals surface area contributed by atoms with Gasteiger partial charge in [-0.15, -0.1) is 10.2 Å². The van der Waals surface area contributed by atoms with Gasteiger partial charge in [0.1, 0.15) is 12.2 Å². The summed E-state index contributed by atoms with van der Waals surface area (Å²) in [4.78, 5) is 14.6. The van der Waals surface area contributed by atoms with Crippen molar-refractivity contribution in [2.24, 2.45) is 7.05 Å². The SMILES string of the molecule is Cn1cnnc1CCn1ccnc1SCC(=O)O. The maximum absolute atomic E-state index is 10.5. The molecule has 0 radical (unpaired) electrons. The molecule has 0 spiro atoms. The summed E-state index contributed by atoms with van der Waals surface area (Å²) in [5, 5.41) is 17.2. The van der Waals surface area contributed by atoms with Gasteiger partial charge < -0.3 is 14.2 Å². The van der Waals surface area contributed by atoms with Crippen LogP contribution in [0.1, 0.15) is 5.82 Å². The van der Waals surface area contributed by atoms with Gasteiger partial charge in [0.05, 0.1) is 5.75 Å². The molecule has 2 rings (SSSR count). The third kappa shape index (κ3) is 3.10. The van der Waals surface area contributed by atoms with Crippen LogP contribution < -0.4 is 0 Å². The lowest BCUT2D eigenvalue weighted by atomic mass is 10.4. The fourth-order valence-electron chi connectivity index (χ4n) is 1.49. The van der Waals surface area contributed by atoms with Gasteiger partial charge in [-0.2, -0.15) is 0 Å². The Labute approximate surface area is 108 Å². The highest BCUT2D eigenvalue weighted by Crippen LogP contribution is 2.15. The maximum atomic E-state index is 10.5. The molecule has 1 N–H and O–H groups in total. The van der Waals surface area contributed by atoms with Crippen molar-refractivity contribution in [1.82, 2.24) is 24.3 Å². The van der Waals surface area contributed by atoms with E-state index in [1.54, 1.807) is 12.5 Å². The molecular formula is C10H13N5O2S. The van der Waals surface area contributed by atoms with Crippen molar-refractivity contribution in [2.75, 3.05) is 5.75 Å². The fraction of sp³-hybridized carbons (Fsp3) is 0.400. The quantitative estimate of drug-likeness (QED) is 0.764. The normalized spacial score (nSPS) is 10.7.